The number of carboxylic acid groups (broad SMARTS) is 1. The van der Waals surface area contributed by atoms with E-state index >= 15 is 0 Å². The molecule has 3 atom stereocenters. The first-order chi connectivity index (χ1) is 20.2. The number of phenolic OH excluding ortho intramolecular Hbond substituents is 2. The number of carboxylic acids is 1. The number of aliphatic carboxylic acids is 1. The molecule has 1 aliphatic heterocycles. The first kappa shape index (κ1) is 34.5. The molecule has 3 rings (SSSR count). The highest BCUT2D eigenvalue weighted by Gasteiger charge is 2.56. The molecule has 1 heterocycles. The Kier molecular flexibility index (Phi) is 12.1. The van der Waals surface area contributed by atoms with Gasteiger partial charge < -0.3 is 20.1 Å². The van der Waals surface area contributed by atoms with Crippen molar-refractivity contribution in [2.24, 2.45) is 5.92 Å². The molecule has 0 saturated heterocycles. The minimum atomic E-state index is -5.58. The van der Waals surface area contributed by atoms with Gasteiger partial charge in [-0.2, -0.15) is 22.0 Å². The Labute approximate surface area is 250 Å². The third kappa shape index (κ3) is 9.73. The van der Waals surface area contributed by atoms with E-state index in [0.29, 0.717) is 25.2 Å². The number of phenols is 2. The summed E-state index contributed by atoms with van der Waals surface area (Å²) in [6.45, 7) is 2.62. The molecule has 3 N–H and O–H groups in total. The van der Waals surface area contributed by atoms with E-state index in [1.807, 2.05) is 18.2 Å². The normalized spacial score (nSPS) is 19.4. The van der Waals surface area contributed by atoms with E-state index < -0.39 is 30.4 Å². The van der Waals surface area contributed by atoms with Gasteiger partial charge in [-0.3, -0.25) is 4.79 Å². The van der Waals surface area contributed by atoms with Crippen molar-refractivity contribution in [3.05, 3.63) is 53.6 Å². The highest BCUT2D eigenvalue weighted by atomic mass is 19.4. The fourth-order valence-corrected chi connectivity index (χ4v) is 6.22. The lowest BCUT2D eigenvalue weighted by Crippen LogP contribution is -2.40. The molecule has 0 spiro atoms. The van der Waals surface area contributed by atoms with Crippen molar-refractivity contribution < 1.29 is 46.8 Å². The van der Waals surface area contributed by atoms with Crippen LogP contribution in [0.2, 0.25) is 0 Å². The second kappa shape index (κ2) is 15.1. The molecule has 0 saturated carbocycles. The van der Waals surface area contributed by atoms with Crippen LogP contribution in [-0.2, 0) is 10.2 Å². The Balaban J connectivity index is 1.42. The predicted octanol–water partition coefficient (Wildman–Crippen LogP) is 9.50. The predicted molar refractivity (Wildman–Crippen MR) is 154 cm³/mol. The van der Waals surface area contributed by atoms with Gasteiger partial charge in [0, 0.05) is 30.2 Å². The van der Waals surface area contributed by atoms with Gasteiger partial charge >= 0.3 is 18.1 Å². The van der Waals surface area contributed by atoms with Crippen molar-refractivity contribution in [1.82, 2.24) is 0 Å². The maximum Gasteiger partial charge on any atom is 0.453 e. The van der Waals surface area contributed by atoms with Gasteiger partial charge in [0.2, 0.25) is 0 Å². The summed E-state index contributed by atoms with van der Waals surface area (Å²) < 4.78 is 69.6. The summed E-state index contributed by atoms with van der Waals surface area (Å²) in [7, 11) is 0. The fraction of sp³-hybridized carbons (Fsp3) is 0.606. The molecule has 2 aromatic carbocycles. The molecule has 240 valence electrons. The largest absolute Gasteiger partial charge is 0.508 e. The van der Waals surface area contributed by atoms with E-state index in [1.54, 1.807) is 24.3 Å². The van der Waals surface area contributed by atoms with Crippen LogP contribution in [0, 0.1) is 5.92 Å². The number of halogens is 5. The van der Waals surface area contributed by atoms with Gasteiger partial charge in [0.25, 0.3) is 0 Å². The number of ether oxygens (including phenoxy) is 1. The molecule has 2 aromatic rings. The van der Waals surface area contributed by atoms with Gasteiger partial charge in [0.05, 0.1) is 6.61 Å². The first-order valence-electron chi connectivity index (χ1n) is 15.1. The van der Waals surface area contributed by atoms with Crippen molar-refractivity contribution in [3.8, 4) is 17.2 Å². The third-order valence-corrected chi connectivity index (χ3v) is 8.78. The molecular weight excluding hydrogens is 571 g/mol. The van der Waals surface area contributed by atoms with Gasteiger partial charge in [0.1, 0.15) is 17.2 Å². The van der Waals surface area contributed by atoms with Crippen LogP contribution in [0.1, 0.15) is 107 Å². The maximum absolute atomic E-state index is 13.2. The van der Waals surface area contributed by atoms with Crippen molar-refractivity contribution >= 4 is 5.97 Å². The van der Waals surface area contributed by atoms with Crippen LogP contribution >= 0.6 is 0 Å². The second-order valence-corrected chi connectivity index (χ2v) is 12.1. The van der Waals surface area contributed by atoms with Crippen molar-refractivity contribution in [2.45, 2.75) is 114 Å². The van der Waals surface area contributed by atoms with Crippen LogP contribution in [0.15, 0.2) is 42.5 Å². The summed E-state index contributed by atoms with van der Waals surface area (Å²) in [5, 5.41) is 28.8. The van der Waals surface area contributed by atoms with Crippen LogP contribution in [-0.4, -0.2) is 40.0 Å². The maximum atomic E-state index is 13.2. The highest BCUT2D eigenvalue weighted by molar-refractivity contribution is 5.67. The molecule has 1 unspecified atom stereocenters. The number of hydrogen-bond donors (Lipinski definition) is 3. The molecule has 0 amide bonds. The number of aromatic hydroxyl groups is 2. The fourth-order valence-electron chi connectivity index (χ4n) is 6.22. The van der Waals surface area contributed by atoms with Crippen molar-refractivity contribution in [2.75, 3.05) is 6.61 Å². The molecule has 5 nitrogen and oxygen atoms in total. The number of carbonyl (C=O) groups is 1. The quantitative estimate of drug-likeness (QED) is 0.122. The van der Waals surface area contributed by atoms with E-state index in [-0.39, 0.29) is 42.1 Å². The van der Waals surface area contributed by atoms with Crippen molar-refractivity contribution in [1.29, 1.82) is 0 Å². The average molecular weight is 615 g/mol. The Hall–Kier alpha value is -3.04. The molecular formula is C33H43F5O5. The van der Waals surface area contributed by atoms with Crippen LogP contribution in [0.5, 0.6) is 17.2 Å². The Morgan fingerprint density at radius 1 is 0.884 bits per heavy atom. The molecule has 0 aliphatic carbocycles. The number of benzene rings is 2. The summed E-state index contributed by atoms with van der Waals surface area (Å²) in [5.41, 5.74) is 1.81. The summed E-state index contributed by atoms with van der Waals surface area (Å²) in [6, 6.07) is 12.5. The molecule has 43 heavy (non-hydrogen) atoms. The SMILES string of the molecule is C[C@]1(c2ccc(O)cc2)COc2cc(O)ccc2[C@H]1CCCCCCCCCC(CCCC(F)(F)C(F)(F)F)CC(=O)O. The Bertz CT molecular complexity index is 1170. The molecule has 10 heteroatoms. The van der Waals surface area contributed by atoms with E-state index in [2.05, 4.69) is 6.92 Å². The topological polar surface area (TPSA) is 87.0 Å². The van der Waals surface area contributed by atoms with Crippen LogP contribution in [0.4, 0.5) is 22.0 Å². The van der Waals surface area contributed by atoms with Crippen LogP contribution < -0.4 is 4.74 Å². The van der Waals surface area contributed by atoms with Gasteiger partial charge in [-0.25, -0.2) is 0 Å². The minimum Gasteiger partial charge on any atom is -0.508 e. The zero-order chi connectivity index (χ0) is 31.7. The van der Waals surface area contributed by atoms with Crippen LogP contribution in [0.3, 0.4) is 0 Å². The third-order valence-electron chi connectivity index (χ3n) is 8.78. The zero-order valence-corrected chi connectivity index (χ0v) is 24.6. The second-order valence-electron chi connectivity index (χ2n) is 12.1. The van der Waals surface area contributed by atoms with E-state index in [1.165, 1.54) is 0 Å². The number of fused-ring (bicyclic) bond motifs is 1. The smallest absolute Gasteiger partial charge is 0.453 e. The molecule has 0 bridgehead atoms. The Morgan fingerprint density at radius 3 is 2.09 bits per heavy atom. The molecule has 0 fully saturated rings. The minimum absolute atomic E-state index is 0.0377. The van der Waals surface area contributed by atoms with Gasteiger partial charge in [-0.15, -0.1) is 0 Å². The molecule has 0 aromatic heterocycles. The van der Waals surface area contributed by atoms with E-state index in [0.717, 1.165) is 56.1 Å². The zero-order valence-electron chi connectivity index (χ0n) is 24.6. The summed E-state index contributed by atoms with van der Waals surface area (Å²) in [4.78, 5) is 11.1. The lowest BCUT2D eigenvalue weighted by atomic mass is 9.66. The Morgan fingerprint density at radius 2 is 1.47 bits per heavy atom. The first-order valence-corrected chi connectivity index (χ1v) is 15.1. The number of alkyl halides is 5. The van der Waals surface area contributed by atoms with E-state index in [9.17, 15) is 37.0 Å². The lowest BCUT2D eigenvalue weighted by Gasteiger charge is -2.43. The summed E-state index contributed by atoms with van der Waals surface area (Å²) in [6.07, 6.45) is 0.492. The van der Waals surface area contributed by atoms with Gasteiger partial charge in [-0.05, 0) is 60.9 Å². The van der Waals surface area contributed by atoms with Crippen LogP contribution in [0.25, 0.3) is 0 Å². The number of unbranched alkanes of at least 4 members (excludes halogenated alkanes) is 6. The van der Waals surface area contributed by atoms with E-state index in [4.69, 9.17) is 9.84 Å². The molecule has 1 aliphatic rings. The average Bonchev–Trinajstić information content (AvgIpc) is 2.92. The number of rotatable bonds is 17. The summed E-state index contributed by atoms with van der Waals surface area (Å²) >= 11 is 0. The van der Waals surface area contributed by atoms with Crippen molar-refractivity contribution in [3.63, 3.8) is 0 Å². The van der Waals surface area contributed by atoms with Gasteiger partial charge in [-0.1, -0.05) is 70.1 Å². The highest BCUT2D eigenvalue weighted by Crippen LogP contribution is 2.50. The standard InChI is InChI=1S/C33H43F5O5/c1-31(24-13-15-25(39)16-14-24)22-43-29-21-26(40)17-18-27(29)28(31)12-8-6-4-2-3-5-7-10-23(20-30(41)42)11-9-19-32(34,35)33(36,37)38/h13-18,21,23,28,39-40H,2-12,19-20,22H2,1H3,(H,41,42)/t23?,28-,31-/m1/s1. The number of hydrogen-bond acceptors (Lipinski definition) is 4. The monoisotopic (exact) mass is 614 g/mol. The van der Waals surface area contributed by atoms with Gasteiger partial charge in [0.15, 0.2) is 0 Å². The summed E-state index contributed by atoms with van der Waals surface area (Å²) in [5.74, 6) is -5.02. The lowest BCUT2D eigenvalue weighted by molar-refractivity contribution is -0.284. The molecule has 0 radical (unpaired) electrons.